The second-order valence-electron chi connectivity index (χ2n) is 7.48. The van der Waals surface area contributed by atoms with E-state index in [4.69, 9.17) is 4.52 Å². The van der Waals surface area contributed by atoms with Crippen molar-refractivity contribution in [2.75, 3.05) is 0 Å². The number of nitrogens with one attached hydrogen (secondary N) is 1. The van der Waals surface area contributed by atoms with Crippen LogP contribution in [0.3, 0.4) is 0 Å². The molecule has 26 heavy (non-hydrogen) atoms. The van der Waals surface area contributed by atoms with Gasteiger partial charge in [0.15, 0.2) is 5.82 Å². The van der Waals surface area contributed by atoms with Gasteiger partial charge in [0.2, 0.25) is 5.89 Å². The number of carbonyl (C=O) groups excluding carboxylic acids is 2. The summed E-state index contributed by atoms with van der Waals surface area (Å²) in [4.78, 5) is 30.9. The van der Waals surface area contributed by atoms with Gasteiger partial charge in [-0.05, 0) is 42.9 Å². The van der Waals surface area contributed by atoms with Gasteiger partial charge in [-0.2, -0.15) is 4.98 Å². The SMILES string of the molecule is CC(C)c1noc(CN2C(=O)NC(C)(c3ccc4c(c3)CCC4)C2=O)n1. The summed E-state index contributed by atoms with van der Waals surface area (Å²) in [5, 5.41) is 6.72. The minimum absolute atomic E-state index is 0.0229. The van der Waals surface area contributed by atoms with Gasteiger partial charge in [0, 0.05) is 5.92 Å². The van der Waals surface area contributed by atoms with Gasteiger partial charge in [-0.25, -0.2) is 4.79 Å². The number of hydrogen-bond donors (Lipinski definition) is 1. The molecule has 3 amide bonds. The van der Waals surface area contributed by atoms with E-state index in [2.05, 4.69) is 21.5 Å². The maximum Gasteiger partial charge on any atom is 0.325 e. The number of hydrogen-bond acceptors (Lipinski definition) is 5. The molecule has 0 spiro atoms. The van der Waals surface area contributed by atoms with Crippen molar-refractivity contribution in [2.45, 2.75) is 58.0 Å². The van der Waals surface area contributed by atoms with E-state index in [0.29, 0.717) is 5.82 Å². The van der Waals surface area contributed by atoms with E-state index in [0.717, 1.165) is 29.7 Å². The maximum absolute atomic E-state index is 13.0. The predicted octanol–water partition coefficient (Wildman–Crippen LogP) is 2.65. The van der Waals surface area contributed by atoms with E-state index in [1.165, 1.54) is 11.1 Å². The van der Waals surface area contributed by atoms with Gasteiger partial charge in [0.05, 0.1) is 0 Å². The number of aromatic nitrogens is 2. The number of nitrogens with zero attached hydrogens (tertiary/aromatic N) is 3. The summed E-state index contributed by atoms with van der Waals surface area (Å²) in [6.07, 6.45) is 3.23. The van der Waals surface area contributed by atoms with Crippen LogP contribution in [-0.4, -0.2) is 27.0 Å². The van der Waals surface area contributed by atoms with Crippen LogP contribution in [0.15, 0.2) is 22.7 Å². The first-order valence-electron chi connectivity index (χ1n) is 8.97. The fourth-order valence-corrected chi connectivity index (χ4v) is 3.62. The zero-order valence-corrected chi connectivity index (χ0v) is 15.2. The van der Waals surface area contributed by atoms with Crippen molar-refractivity contribution in [1.82, 2.24) is 20.4 Å². The van der Waals surface area contributed by atoms with Gasteiger partial charge in [0.25, 0.3) is 5.91 Å². The number of benzene rings is 1. The van der Waals surface area contributed by atoms with Crippen molar-refractivity contribution in [3.63, 3.8) is 0 Å². The van der Waals surface area contributed by atoms with Gasteiger partial charge < -0.3 is 9.84 Å². The molecule has 1 atom stereocenters. The molecule has 1 aliphatic heterocycles. The first-order valence-corrected chi connectivity index (χ1v) is 8.97. The minimum atomic E-state index is -1.07. The molecule has 1 aromatic carbocycles. The third kappa shape index (κ3) is 2.58. The molecule has 1 fully saturated rings. The van der Waals surface area contributed by atoms with E-state index in [1.807, 2.05) is 26.0 Å². The Bertz CT molecular complexity index is 889. The Hall–Kier alpha value is -2.70. The van der Waals surface area contributed by atoms with E-state index < -0.39 is 11.6 Å². The lowest BCUT2D eigenvalue weighted by Crippen LogP contribution is -2.41. The lowest BCUT2D eigenvalue weighted by Gasteiger charge is -2.22. The van der Waals surface area contributed by atoms with E-state index >= 15 is 0 Å². The molecule has 0 radical (unpaired) electrons. The van der Waals surface area contributed by atoms with Crippen molar-refractivity contribution in [3.8, 4) is 0 Å². The Labute approximate surface area is 151 Å². The van der Waals surface area contributed by atoms with Crippen LogP contribution in [0.2, 0.25) is 0 Å². The summed E-state index contributed by atoms with van der Waals surface area (Å²) < 4.78 is 5.18. The second-order valence-corrected chi connectivity index (χ2v) is 7.48. The van der Waals surface area contributed by atoms with Crippen LogP contribution in [0.25, 0.3) is 0 Å². The molecule has 7 heteroatoms. The zero-order chi connectivity index (χ0) is 18.5. The Kier molecular flexibility index (Phi) is 3.82. The molecular formula is C19H22N4O3. The van der Waals surface area contributed by atoms with Crippen LogP contribution < -0.4 is 5.32 Å². The molecule has 1 unspecified atom stereocenters. The van der Waals surface area contributed by atoms with Crippen molar-refractivity contribution >= 4 is 11.9 Å². The Morgan fingerprint density at radius 3 is 2.77 bits per heavy atom. The van der Waals surface area contributed by atoms with Crippen LogP contribution in [0.1, 0.15) is 61.5 Å². The number of imide groups is 1. The second kappa shape index (κ2) is 5.93. The standard InChI is InChI=1S/C19H22N4O3/c1-11(2)16-20-15(26-22-16)10-23-17(24)19(3,21-18(23)25)14-8-7-12-5-4-6-13(12)9-14/h7-9,11H,4-6,10H2,1-3H3,(H,21,25). The lowest BCUT2D eigenvalue weighted by atomic mass is 9.90. The largest absolute Gasteiger partial charge is 0.337 e. The molecule has 1 saturated heterocycles. The Morgan fingerprint density at radius 2 is 2.04 bits per heavy atom. The molecule has 4 rings (SSSR count). The van der Waals surface area contributed by atoms with Crippen molar-refractivity contribution < 1.29 is 14.1 Å². The molecule has 2 aromatic rings. The molecule has 0 saturated carbocycles. The van der Waals surface area contributed by atoms with Crippen molar-refractivity contribution in [1.29, 1.82) is 0 Å². The topological polar surface area (TPSA) is 88.3 Å². The number of rotatable bonds is 4. The summed E-state index contributed by atoms with van der Waals surface area (Å²) in [6, 6.07) is 5.61. The number of fused-ring (bicyclic) bond motifs is 1. The van der Waals surface area contributed by atoms with E-state index in [1.54, 1.807) is 6.92 Å². The molecule has 0 bridgehead atoms. The highest BCUT2D eigenvalue weighted by atomic mass is 16.5. The Morgan fingerprint density at radius 1 is 1.27 bits per heavy atom. The Balaban J connectivity index is 1.59. The minimum Gasteiger partial charge on any atom is -0.337 e. The summed E-state index contributed by atoms with van der Waals surface area (Å²) in [5.74, 6) is 0.640. The summed E-state index contributed by atoms with van der Waals surface area (Å²) in [5.41, 5.74) is 2.34. The number of aryl methyl sites for hydroxylation is 2. The quantitative estimate of drug-likeness (QED) is 0.853. The number of carbonyl (C=O) groups is 2. The monoisotopic (exact) mass is 354 g/mol. The predicted molar refractivity (Wildman–Crippen MR) is 93.3 cm³/mol. The van der Waals surface area contributed by atoms with Crippen LogP contribution >= 0.6 is 0 Å². The molecule has 136 valence electrons. The molecule has 2 heterocycles. The average Bonchev–Trinajstić information content (AvgIpc) is 3.30. The molecule has 1 aromatic heterocycles. The fourth-order valence-electron chi connectivity index (χ4n) is 3.62. The van der Waals surface area contributed by atoms with E-state index in [9.17, 15) is 9.59 Å². The highest BCUT2D eigenvalue weighted by Gasteiger charge is 2.49. The first kappa shape index (κ1) is 16.8. The van der Waals surface area contributed by atoms with Gasteiger partial charge in [-0.3, -0.25) is 9.69 Å². The third-order valence-electron chi connectivity index (χ3n) is 5.24. The first-order chi connectivity index (χ1) is 12.4. The fraction of sp³-hybridized carbons (Fsp3) is 0.474. The van der Waals surface area contributed by atoms with Crippen molar-refractivity contribution in [2.24, 2.45) is 0 Å². The zero-order valence-electron chi connectivity index (χ0n) is 15.2. The van der Waals surface area contributed by atoms with Crippen molar-refractivity contribution in [3.05, 3.63) is 46.6 Å². The molecule has 7 nitrogen and oxygen atoms in total. The van der Waals surface area contributed by atoms with Gasteiger partial charge in [0.1, 0.15) is 12.1 Å². The summed E-state index contributed by atoms with van der Waals surface area (Å²) in [7, 11) is 0. The van der Waals surface area contributed by atoms with Crippen LogP contribution in [0.5, 0.6) is 0 Å². The maximum atomic E-state index is 13.0. The average molecular weight is 354 g/mol. The van der Waals surface area contributed by atoms with Crippen LogP contribution in [0.4, 0.5) is 4.79 Å². The smallest absolute Gasteiger partial charge is 0.325 e. The van der Waals surface area contributed by atoms with Gasteiger partial charge in [-0.1, -0.05) is 37.2 Å². The lowest BCUT2D eigenvalue weighted by molar-refractivity contribution is -0.131. The van der Waals surface area contributed by atoms with E-state index in [-0.39, 0.29) is 24.3 Å². The highest BCUT2D eigenvalue weighted by Crippen LogP contribution is 2.33. The van der Waals surface area contributed by atoms with Crippen LogP contribution in [-0.2, 0) is 29.7 Å². The number of amides is 3. The van der Waals surface area contributed by atoms with Gasteiger partial charge in [-0.15, -0.1) is 0 Å². The van der Waals surface area contributed by atoms with Crippen LogP contribution in [0, 0.1) is 0 Å². The number of urea groups is 1. The molecule has 1 aliphatic carbocycles. The normalized spacial score (nSPS) is 22.2. The highest BCUT2D eigenvalue weighted by molar-refractivity contribution is 6.07. The molecular weight excluding hydrogens is 332 g/mol. The molecule has 1 N–H and O–H groups in total. The summed E-state index contributed by atoms with van der Waals surface area (Å²) >= 11 is 0. The summed E-state index contributed by atoms with van der Waals surface area (Å²) in [6.45, 7) is 5.63. The third-order valence-corrected chi connectivity index (χ3v) is 5.24. The molecule has 2 aliphatic rings. The van der Waals surface area contributed by atoms with Gasteiger partial charge >= 0.3 is 6.03 Å².